The van der Waals surface area contributed by atoms with Crippen LogP contribution < -0.4 is 4.74 Å². The Morgan fingerprint density at radius 3 is 3.00 bits per heavy atom. The third-order valence-corrected chi connectivity index (χ3v) is 2.48. The Bertz CT molecular complexity index is 260. The molecule has 1 heterocycles. The molecule has 2 rings (SSSR count). The van der Waals surface area contributed by atoms with E-state index in [0.29, 0.717) is 0 Å². The highest BCUT2D eigenvalue weighted by Crippen LogP contribution is 2.39. The molecule has 0 saturated heterocycles. The largest absolute Gasteiger partial charge is 0.471 e. The van der Waals surface area contributed by atoms with Gasteiger partial charge in [-0.25, -0.2) is 0 Å². The van der Waals surface area contributed by atoms with Gasteiger partial charge in [0.25, 0.3) is 0 Å². The molecule has 1 unspecified atom stereocenters. The van der Waals surface area contributed by atoms with Crippen LogP contribution in [0.25, 0.3) is 0 Å². The molecule has 0 amide bonds. The molecule has 56 valence electrons. The number of benzene rings is 1. The van der Waals surface area contributed by atoms with Crippen molar-refractivity contribution in [3.63, 3.8) is 0 Å². The van der Waals surface area contributed by atoms with Crippen molar-refractivity contribution in [3.8, 4) is 5.75 Å². The first-order valence-electron chi connectivity index (χ1n) is 3.28. The Morgan fingerprint density at radius 1 is 1.45 bits per heavy atom. The van der Waals surface area contributed by atoms with Gasteiger partial charge in [-0.2, -0.15) is 0 Å². The number of hydrogen-bond acceptors (Lipinski definition) is 3. The van der Waals surface area contributed by atoms with E-state index in [1.165, 1.54) is 11.8 Å². The lowest BCUT2D eigenvalue weighted by Crippen LogP contribution is -2.06. The van der Waals surface area contributed by atoms with Gasteiger partial charge in [-0.1, -0.05) is 23.9 Å². The highest BCUT2D eigenvalue weighted by atomic mass is 32.2. The molecular weight excluding hydrogens is 160 g/mol. The Kier molecular flexibility index (Phi) is 1.58. The summed E-state index contributed by atoms with van der Waals surface area (Å²) in [4.78, 5) is 11.4. The summed E-state index contributed by atoms with van der Waals surface area (Å²) in [6.07, 6.45) is 0.810. The number of ether oxygens (including phenoxy) is 1. The predicted molar refractivity (Wildman–Crippen MR) is 42.8 cm³/mol. The number of fused-ring (bicyclic) bond motifs is 1. The van der Waals surface area contributed by atoms with Gasteiger partial charge >= 0.3 is 0 Å². The van der Waals surface area contributed by atoms with Crippen LogP contribution in [-0.4, -0.2) is 11.7 Å². The van der Waals surface area contributed by atoms with E-state index in [0.717, 1.165) is 16.9 Å². The van der Waals surface area contributed by atoms with Crippen molar-refractivity contribution >= 4 is 18.0 Å². The minimum atomic E-state index is -0.340. The third-order valence-electron chi connectivity index (χ3n) is 1.45. The van der Waals surface area contributed by atoms with Gasteiger partial charge in [0, 0.05) is 0 Å². The van der Waals surface area contributed by atoms with Crippen LogP contribution in [0.5, 0.6) is 5.75 Å². The maximum atomic E-state index is 10.3. The average molecular weight is 166 g/mol. The number of aldehydes is 1. The van der Waals surface area contributed by atoms with Crippen LogP contribution in [0.15, 0.2) is 29.2 Å². The van der Waals surface area contributed by atoms with Crippen LogP contribution in [0.3, 0.4) is 0 Å². The lowest BCUT2D eigenvalue weighted by molar-refractivity contribution is -0.110. The minimum Gasteiger partial charge on any atom is -0.471 e. The van der Waals surface area contributed by atoms with Gasteiger partial charge in [0.15, 0.2) is 6.29 Å². The summed E-state index contributed by atoms with van der Waals surface area (Å²) in [6.45, 7) is 0. The fourth-order valence-corrected chi connectivity index (χ4v) is 1.82. The Morgan fingerprint density at radius 2 is 2.27 bits per heavy atom. The number of hydrogen-bond donors (Lipinski definition) is 0. The zero-order valence-corrected chi connectivity index (χ0v) is 6.51. The zero-order chi connectivity index (χ0) is 7.68. The molecule has 0 saturated carbocycles. The van der Waals surface area contributed by atoms with Crippen LogP contribution in [0, 0.1) is 0 Å². The normalized spacial score (nSPS) is 20.5. The van der Waals surface area contributed by atoms with Crippen molar-refractivity contribution in [1.82, 2.24) is 0 Å². The van der Waals surface area contributed by atoms with Crippen molar-refractivity contribution in [2.75, 3.05) is 0 Å². The van der Waals surface area contributed by atoms with Gasteiger partial charge in [-0.3, -0.25) is 4.79 Å². The lowest BCUT2D eigenvalue weighted by Gasteiger charge is -1.97. The summed E-state index contributed by atoms with van der Waals surface area (Å²) < 4.78 is 5.25. The van der Waals surface area contributed by atoms with E-state index in [1.807, 2.05) is 24.3 Å². The molecule has 0 N–H and O–H groups in total. The van der Waals surface area contributed by atoms with Crippen LogP contribution in [-0.2, 0) is 4.79 Å². The van der Waals surface area contributed by atoms with Gasteiger partial charge in [-0.15, -0.1) is 0 Å². The molecule has 0 aliphatic carbocycles. The topological polar surface area (TPSA) is 26.3 Å². The quantitative estimate of drug-likeness (QED) is 0.594. The van der Waals surface area contributed by atoms with Crippen LogP contribution >= 0.6 is 11.8 Å². The number of carbonyl (C=O) groups is 1. The van der Waals surface area contributed by atoms with Crippen molar-refractivity contribution < 1.29 is 9.53 Å². The standard InChI is InChI=1S/C8H6O2S/c9-5-8-10-6-3-1-2-4-7(6)11-8/h1-5,8H. The summed E-state index contributed by atoms with van der Waals surface area (Å²) in [5.41, 5.74) is -0.340. The number of rotatable bonds is 1. The molecule has 0 aromatic heterocycles. The molecule has 1 aliphatic rings. The van der Waals surface area contributed by atoms with Gasteiger partial charge in [0.2, 0.25) is 5.44 Å². The molecule has 1 aliphatic heterocycles. The van der Waals surface area contributed by atoms with E-state index in [1.54, 1.807) is 0 Å². The summed E-state index contributed by atoms with van der Waals surface area (Å²) in [5, 5.41) is 0. The highest BCUT2D eigenvalue weighted by Gasteiger charge is 2.21. The molecule has 0 fully saturated rings. The Labute approximate surface area is 68.6 Å². The molecule has 2 nitrogen and oxygen atoms in total. The molecule has 1 atom stereocenters. The van der Waals surface area contributed by atoms with Gasteiger partial charge in [-0.05, 0) is 12.1 Å². The van der Waals surface area contributed by atoms with Gasteiger partial charge in [0.05, 0.1) is 4.90 Å². The molecule has 3 heteroatoms. The number of thioether (sulfide) groups is 1. The van der Waals surface area contributed by atoms with E-state index < -0.39 is 0 Å². The van der Waals surface area contributed by atoms with Crippen molar-refractivity contribution in [3.05, 3.63) is 24.3 Å². The van der Waals surface area contributed by atoms with E-state index in [9.17, 15) is 4.79 Å². The molecule has 0 bridgehead atoms. The van der Waals surface area contributed by atoms with Crippen molar-refractivity contribution in [2.24, 2.45) is 0 Å². The maximum absolute atomic E-state index is 10.3. The first-order chi connectivity index (χ1) is 5.40. The molecule has 11 heavy (non-hydrogen) atoms. The SMILES string of the molecule is O=CC1Oc2ccccc2S1. The molecule has 0 spiro atoms. The second-order valence-electron chi connectivity index (χ2n) is 2.19. The minimum absolute atomic E-state index is 0.340. The monoisotopic (exact) mass is 166 g/mol. The summed E-state index contributed by atoms with van der Waals surface area (Å²) in [6, 6.07) is 7.64. The summed E-state index contributed by atoms with van der Waals surface area (Å²) in [5.74, 6) is 0.814. The smallest absolute Gasteiger partial charge is 0.204 e. The Balaban J connectivity index is 2.33. The molecular formula is C8H6O2S. The third kappa shape index (κ3) is 1.12. The van der Waals surface area contributed by atoms with E-state index in [4.69, 9.17) is 4.74 Å². The fraction of sp³-hybridized carbons (Fsp3) is 0.125. The predicted octanol–water partition coefficient (Wildman–Crippen LogP) is 1.70. The highest BCUT2D eigenvalue weighted by molar-refractivity contribution is 8.00. The van der Waals surface area contributed by atoms with Crippen LogP contribution in [0.2, 0.25) is 0 Å². The van der Waals surface area contributed by atoms with Crippen molar-refractivity contribution in [1.29, 1.82) is 0 Å². The fourth-order valence-electron chi connectivity index (χ4n) is 0.975. The Hall–Kier alpha value is -0.960. The van der Waals surface area contributed by atoms with E-state index in [2.05, 4.69) is 0 Å². The molecule has 1 aromatic rings. The van der Waals surface area contributed by atoms with Crippen molar-refractivity contribution in [2.45, 2.75) is 10.3 Å². The van der Waals surface area contributed by atoms with E-state index >= 15 is 0 Å². The lowest BCUT2D eigenvalue weighted by atomic mass is 10.3. The summed E-state index contributed by atoms with van der Waals surface area (Å²) >= 11 is 1.45. The first kappa shape index (κ1) is 6.73. The average Bonchev–Trinajstić information content (AvgIpc) is 2.46. The first-order valence-corrected chi connectivity index (χ1v) is 4.16. The molecule has 1 aromatic carbocycles. The van der Waals surface area contributed by atoms with Gasteiger partial charge < -0.3 is 4.74 Å². The van der Waals surface area contributed by atoms with Crippen LogP contribution in [0.4, 0.5) is 0 Å². The second kappa shape index (κ2) is 2.58. The zero-order valence-electron chi connectivity index (χ0n) is 5.69. The van der Waals surface area contributed by atoms with E-state index in [-0.39, 0.29) is 5.44 Å². The van der Waals surface area contributed by atoms with Crippen LogP contribution in [0.1, 0.15) is 0 Å². The van der Waals surface area contributed by atoms with Gasteiger partial charge in [0.1, 0.15) is 5.75 Å². The number of carbonyl (C=O) groups excluding carboxylic acids is 1. The summed E-state index contributed by atoms with van der Waals surface area (Å²) in [7, 11) is 0. The number of para-hydroxylation sites is 1. The molecule has 0 radical (unpaired) electrons. The maximum Gasteiger partial charge on any atom is 0.204 e. The second-order valence-corrected chi connectivity index (χ2v) is 3.33.